The van der Waals surface area contributed by atoms with Gasteiger partial charge >= 0.3 is 0 Å². The van der Waals surface area contributed by atoms with E-state index in [1.165, 1.54) is 6.08 Å². The molecular formula is C15H8Br2ClNO2S. The Morgan fingerprint density at radius 3 is 2.27 bits per heavy atom. The van der Waals surface area contributed by atoms with Crippen LogP contribution in [0.15, 0.2) is 55.1 Å². The van der Waals surface area contributed by atoms with Crippen molar-refractivity contribution in [3.8, 4) is 11.8 Å². The fourth-order valence-electron chi connectivity index (χ4n) is 1.63. The van der Waals surface area contributed by atoms with Crippen LogP contribution in [0, 0.1) is 11.3 Å². The Bertz CT molecular complexity index is 790. The second-order valence-electron chi connectivity index (χ2n) is 4.18. The smallest absolute Gasteiger partial charge is 0.143 e. The van der Waals surface area contributed by atoms with Crippen LogP contribution in [0.2, 0.25) is 5.02 Å². The molecule has 1 N–H and O–H groups in total. The summed E-state index contributed by atoms with van der Waals surface area (Å²) in [5.41, 5.74) is 0.635. The van der Waals surface area contributed by atoms with E-state index >= 15 is 0 Å². The highest BCUT2D eigenvalue weighted by molar-refractivity contribution is 9.11. The molecule has 0 aliphatic rings. The average molecular weight is 462 g/mol. The van der Waals surface area contributed by atoms with Crippen molar-refractivity contribution in [3.63, 3.8) is 0 Å². The van der Waals surface area contributed by atoms with Crippen molar-refractivity contribution in [2.24, 2.45) is 0 Å². The minimum Gasteiger partial charge on any atom is -0.506 e. The molecule has 22 heavy (non-hydrogen) atoms. The van der Waals surface area contributed by atoms with Gasteiger partial charge in [-0.05, 0) is 79.9 Å². The number of halogens is 3. The van der Waals surface area contributed by atoms with Gasteiger partial charge in [-0.3, -0.25) is 0 Å². The van der Waals surface area contributed by atoms with Gasteiger partial charge in [0.2, 0.25) is 0 Å². The zero-order chi connectivity index (χ0) is 16.3. The Morgan fingerprint density at radius 2 is 1.77 bits per heavy atom. The number of phenolic OH excluding ortho intramolecular Hbond substituents is 1. The molecule has 112 valence electrons. The van der Waals surface area contributed by atoms with Gasteiger partial charge in [0.25, 0.3) is 0 Å². The van der Waals surface area contributed by atoms with Crippen molar-refractivity contribution in [2.45, 2.75) is 4.90 Å². The normalized spacial score (nSPS) is 12.7. The lowest BCUT2D eigenvalue weighted by Gasteiger charge is -2.04. The summed E-state index contributed by atoms with van der Waals surface area (Å²) in [4.78, 5) is 0.598. The Balaban J connectivity index is 2.41. The highest BCUT2D eigenvalue weighted by Crippen LogP contribution is 2.34. The number of benzene rings is 2. The highest BCUT2D eigenvalue weighted by Gasteiger charge is 2.12. The molecule has 0 heterocycles. The molecule has 0 saturated carbocycles. The van der Waals surface area contributed by atoms with Crippen molar-refractivity contribution in [3.05, 3.63) is 60.8 Å². The molecule has 0 aliphatic carbocycles. The number of aromatic hydroxyl groups is 1. The first-order valence-corrected chi connectivity index (χ1v) is 9.01. The van der Waals surface area contributed by atoms with Crippen LogP contribution in [0.3, 0.4) is 0 Å². The predicted octanol–water partition coefficient (Wildman–Crippen LogP) is 5.24. The third kappa shape index (κ3) is 3.99. The van der Waals surface area contributed by atoms with E-state index in [0.717, 1.165) is 0 Å². The zero-order valence-electron chi connectivity index (χ0n) is 10.9. The molecule has 3 nitrogen and oxygen atoms in total. The van der Waals surface area contributed by atoms with Gasteiger partial charge in [0.05, 0.1) is 19.7 Å². The number of nitriles is 1. The molecular weight excluding hydrogens is 453 g/mol. The summed E-state index contributed by atoms with van der Waals surface area (Å²) in [7, 11) is -1.60. The largest absolute Gasteiger partial charge is 0.506 e. The van der Waals surface area contributed by atoms with E-state index in [-0.39, 0.29) is 10.7 Å². The summed E-state index contributed by atoms with van der Waals surface area (Å²) in [6.45, 7) is 0. The lowest BCUT2D eigenvalue weighted by atomic mass is 10.2. The molecule has 0 aromatic heterocycles. The molecule has 0 amide bonds. The van der Waals surface area contributed by atoms with Gasteiger partial charge in [-0.15, -0.1) is 0 Å². The molecule has 2 rings (SSSR count). The Kier molecular flexibility index (Phi) is 5.81. The molecule has 0 radical (unpaired) electrons. The summed E-state index contributed by atoms with van der Waals surface area (Å²) in [5, 5.41) is 19.5. The van der Waals surface area contributed by atoms with Crippen LogP contribution in [-0.2, 0) is 10.8 Å². The van der Waals surface area contributed by atoms with Crippen molar-refractivity contribution in [2.75, 3.05) is 0 Å². The first-order chi connectivity index (χ1) is 10.4. The second kappa shape index (κ2) is 7.42. The van der Waals surface area contributed by atoms with Crippen LogP contribution in [-0.4, -0.2) is 9.32 Å². The summed E-state index contributed by atoms with van der Waals surface area (Å²) in [6, 6.07) is 11.7. The van der Waals surface area contributed by atoms with Crippen molar-refractivity contribution >= 4 is 60.3 Å². The van der Waals surface area contributed by atoms with E-state index in [4.69, 9.17) is 11.6 Å². The van der Waals surface area contributed by atoms with Crippen molar-refractivity contribution in [1.29, 1.82) is 5.26 Å². The standard InChI is InChI=1S/C15H8Br2ClNO2S/c16-13-6-9(7-14(17)15(13)20)5-12(8-19)22(21)11-3-1-10(18)2-4-11/h1-7,20H/b12-5+. The summed E-state index contributed by atoms with van der Waals surface area (Å²) < 4.78 is 13.4. The van der Waals surface area contributed by atoms with Crippen LogP contribution < -0.4 is 0 Å². The Labute approximate surface area is 151 Å². The number of allylic oxidation sites excluding steroid dienone is 1. The van der Waals surface area contributed by atoms with Gasteiger partial charge in [-0.25, -0.2) is 4.21 Å². The Morgan fingerprint density at radius 1 is 1.23 bits per heavy atom. The minimum atomic E-state index is -1.60. The quantitative estimate of drug-likeness (QED) is 0.636. The van der Waals surface area contributed by atoms with Gasteiger partial charge < -0.3 is 5.11 Å². The van der Waals surface area contributed by atoms with Crippen molar-refractivity contribution < 1.29 is 9.32 Å². The average Bonchev–Trinajstić information content (AvgIpc) is 2.50. The highest BCUT2D eigenvalue weighted by atomic mass is 79.9. The van der Waals surface area contributed by atoms with Crippen LogP contribution >= 0.6 is 43.5 Å². The first-order valence-electron chi connectivity index (χ1n) is 5.89. The molecule has 1 atom stereocenters. The van der Waals surface area contributed by atoms with Crippen LogP contribution in [0.5, 0.6) is 5.75 Å². The molecule has 2 aromatic rings. The van der Waals surface area contributed by atoms with E-state index in [0.29, 0.717) is 24.4 Å². The number of hydrogen-bond donors (Lipinski definition) is 1. The molecule has 0 fully saturated rings. The monoisotopic (exact) mass is 459 g/mol. The lowest BCUT2D eigenvalue weighted by Crippen LogP contribution is -1.94. The van der Waals surface area contributed by atoms with Gasteiger partial charge in [-0.1, -0.05) is 11.6 Å². The van der Waals surface area contributed by atoms with E-state index in [1.807, 2.05) is 6.07 Å². The van der Waals surface area contributed by atoms with E-state index < -0.39 is 10.8 Å². The topological polar surface area (TPSA) is 61.1 Å². The molecule has 0 spiro atoms. The van der Waals surface area contributed by atoms with E-state index in [2.05, 4.69) is 31.9 Å². The summed E-state index contributed by atoms with van der Waals surface area (Å²) in [5.74, 6) is 0.0643. The van der Waals surface area contributed by atoms with Gasteiger partial charge in [0.1, 0.15) is 16.7 Å². The third-order valence-electron chi connectivity index (χ3n) is 2.67. The molecule has 7 heteroatoms. The van der Waals surface area contributed by atoms with Gasteiger partial charge in [-0.2, -0.15) is 5.26 Å². The fourth-order valence-corrected chi connectivity index (χ4v) is 3.94. The van der Waals surface area contributed by atoms with Crippen LogP contribution in [0.25, 0.3) is 6.08 Å². The fraction of sp³-hybridized carbons (Fsp3) is 0. The van der Waals surface area contributed by atoms with E-state index in [9.17, 15) is 14.6 Å². The maximum absolute atomic E-state index is 12.4. The maximum Gasteiger partial charge on any atom is 0.143 e. The van der Waals surface area contributed by atoms with E-state index in [1.54, 1.807) is 36.4 Å². The predicted molar refractivity (Wildman–Crippen MR) is 95.0 cm³/mol. The van der Waals surface area contributed by atoms with Crippen LogP contribution in [0.1, 0.15) is 5.56 Å². The minimum absolute atomic E-state index is 0.0643. The zero-order valence-corrected chi connectivity index (χ0v) is 15.6. The maximum atomic E-state index is 12.4. The van der Waals surface area contributed by atoms with Crippen molar-refractivity contribution in [1.82, 2.24) is 0 Å². The van der Waals surface area contributed by atoms with Gasteiger partial charge in [0.15, 0.2) is 0 Å². The number of hydrogen-bond acceptors (Lipinski definition) is 3. The Hall–Kier alpha value is -1.13. The molecule has 1 unspecified atom stereocenters. The molecule has 0 aliphatic heterocycles. The molecule has 0 bridgehead atoms. The lowest BCUT2D eigenvalue weighted by molar-refractivity contribution is 0.468. The SMILES string of the molecule is N#C/C(=C\c1cc(Br)c(O)c(Br)c1)S(=O)c1ccc(Cl)cc1. The number of phenols is 1. The summed E-state index contributed by atoms with van der Waals surface area (Å²) >= 11 is 12.2. The molecule has 0 saturated heterocycles. The second-order valence-corrected chi connectivity index (χ2v) is 7.77. The third-order valence-corrected chi connectivity index (χ3v) is 5.44. The van der Waals surface area contributed by atoms with Crippen LogP contribution in [0.4, 0.5) is 0 Å². The first kappa shape index (κ1) is 17.2. The van der Waals surface area contributed by atoms with Gasteiger partial charge in [0, 0.05) is 9.92 Å². The molecule has 2 aromatic carbocycles. The summed E-state index contributed by atoms with van der Waals surface area (Å²) in [6.07, 6.45) is 1.51. The number of nitrogens with zero attached hydrogens (tertiary/aromatic N) is 1. The number of rotatable bonds is 3.